The Balaban J connectivity index is 1.53. The third-order valence-corrected chi connectivity index (χ3v) is 3.36. The number of nitrogens with zero attached hydrogens (tertiary/aromatic N) is 1. The lowest BCUT2D eigenvalue weighted by Gasteiger charge is -2.09. The highest BCUT2D eigenvalue weighted by Crippen LogP contribution is 2.18. The van der Waals surface area contributed by atoms with Gasteiger partial charge in [0.05, 0.1) is 11.7 Å². The first-order chi connectivity index (χ1) is 10.3. The highest BCUT2D eigenvalue weighted by Gasteiger charge is 1.98. The Hall–Kier alpha value is -2.26. The summed E-state index contributed by atoms with van der Waals surface area (Å²) < 4.78 is 5.71. The zero-order chi connectivity index (χ0) is 14.5. The maximum Gasteiger partial charge on any atom is 0.138 e. The number of para-hydroxylation sites is 1. The molecule has 0 aliphatic carbocycles. The van der Waals surface area contributed by atoms with Gasteiger partial charge in [-0.3, -0.25) is 4.98 Å². The van der Waals surface area contributed by atoms with Crippen LogP contribution in [0.2, 0.25) is 5.02 Å². The molecule has 21 heavy (non-hydrogen) atoms. The number of anilines is 1. The van der Waals surface area contributed by atoms with E-state index in [0.717, 1.165) is 27.4 Å². The van der Waals surface area contributed by atoms with E-state index in [4.69, 9.17) is 16.3 Å². The Morgan fingerprint density at radius 1 is 1.05 bits per heavy atom. The lowest BCUT2D eigenvalue weighted by Crippen LogP contribution is -2.11. The molecule has 3 rings (SSSR count). The van der Waals surface area contributed by atoms with Crippen molar-refractivity contribution in [3.63, 3.8) is 0 Å². The van der Waals surface area contributed by atoms with E-state index in [0.29, 0.717) is 13.2 Å². The first-order valence-electron chi connectivity index (χ1n) is 6.78. The number of pyridine rings is 1. The molecule has 0 aliphatic rings. The van der Waals surface area contributed by atoms with E-state index in [2.05, 4.69) is 10.3 Å². The van der Waals surface area contributed by atoms with Crippen molar-refractivity contribution in [2.75, 3.05) is 18.5 Å². The lowest BCUT2D eigenvalue weighted by molar-refractivity contribution is 0.332. The van der Waals surface area contributed by atoms with Crippen LogP contribution in [-0.4, -0.2) is 18.1 Å². The molecular formula is C17H15ClN2O. The standard InChI is InChI=1S/C17H15ClN2O/c18-14-5-7-15(8-6-14)19-9-10-21-16-11-13-3-1-2-4-17(13)20-12-16/h1-8,11-12,19H,9-10H2. The first kappa shape index (κ1) is 13.7. The zero-order valence-electron chi connectivity index (χ0n) is 11.4. The normalized spacial score (nSPS) is 10.5. The van der Waals surface area contributed by atoms with Crippen molar-refractivity contribution in [1.82, 2.24) is 4.98 Å². The van der Waals surface area contributed by atoms with Gasteiger partial charge < -0.3 is 10.1 Å². The summed E-state index contributed by atoms with van der Waals surface area (Å²) in [6.07, 6.45) is 1.75. The molecular weight excluding hydrogens is 284 g/mol. The van der Waals surface area contributed by atoms with Crippen LogP contribution in [0.1, 0.15) is 0 Å². The van der Waals surface area contributed by atoms with E-state index < -0.39 is 0 Å². The van der Waals surface area contributed by atoms with Crippen molar-refractivity contribution in [2.45, 2.75) is 0 Å². The summed E-state index contributed by atoms with van der Waals surface area (Å²) in [4.78, 5) is 4.37. The Morgan fingerprint density at radius 3 is 2.71 bits per heavy atom. The number of aromatic nitrogens is 1. The monoisotopic (exact) mass is 298 g/mol. The molecule has 0 amide bonds. The Morgan fingerprint density at radius 2 is 1.86 bits per heavy atom. The van der Waals surface area contributed by atoms with Gasteiger partial charge in [0.2, 0.25) is 0 Å². The third-order valence-electron chi connectivity index (χ3n) is 3.11. The van der Waals surface area contributed by atoms with E-state index in [1.165, 1.54) is 0 Å². The van der Waals surface area contributed by atoms with Crippen LogP contribution in [0, 0.1) is 0 Å². The van der Waals surface area contributed by atoms with Gasteiger partial charge in [-0.2, -0.15) is 0 Å². The number of ether oxygens (including phenoxy) is 1. The summed E-state index contributed by atoms with van der Waals surface area (Å²) in [5.74, 6) is 0.784. The van der Waals surface area contributed by atoms with E-state index in [9.17, 15) is 0 Å². The van der Waals surface area contributed by atoms with Crippen LogP contribution in [0.25, 0.3) is 10.9 Å². The van der Waals surface area contributed by atoms with Crippen molar-refractivity contribution in [3.05, 3.63) is 65.8 Å². The van der Waals surface area contributed by atoms with Gasteiger partial charge in [0.1, 0.15) is 12.4 Å². The Labute approximate surface area is 128 Å². The predicted octanol–water partition coefficient (Wildman–Crippen LogP) is 4.38. The van der Waals surface area contributed by atoms with Crippen LogP contribution in [0.4, 0.5) is 5.69 Å². The molecule has 1 aromatic heterocycles. The van der Waals surface area contributed by atoms with Crippen molar-refractivity contribution in [1.29, 1.82) is 0 Å². The van der Waals surface area contributed by atoms with Crippen LogP contribution >= 0.6 is 11.6 Å². The van der Waals surface area contributed by atoms with E-state index in [1.54, 1.807) is 6.20 Å². The SMILES string of the molecule is Clc1ccc(NCCOc2cnc3ccccc3c2)cc1. The van der Waals surface area contributed by atoms with Gasteiger partial charge in [-0.15, -0.1) is 0 Å². The maximum atomic E-state index is 5.84. The second kappa shape index (κ2) is 6.46. The molecule has 3 aromatic rings. The van der Waals surface area contributed by atoms with Crippen LogP contribution in [0.3, 0.4) is 0 Å². The van der Waals surface area contributed by atoms with Gasteiger partial charge in [0.15, 0.2) is 0 Å². The second-order valence-corrected chi connectivity index (χ2v) is 5.08. The number of hydrogen-bond donors (Lipinski definition) is 1. The van der Waals surface area contributed by atoms with Gasteiger partial charge in [0.25, 0.3) is 0 Å². The van der Waals surface area contributed by atoms with Gasteiger partial charge in [-0.1, -0.05) is 29.8 Å². The minimum atomic E-state index is 0.572. The lowest BCUT2D eigenvalue weighted by atomic mass is 10.2. The fourth-order valence-electron chi connectivity index (χ4n) is 2.06. The maximum absolute atomic E-state index is 5.84. The number of fused-ring (bicyclic) bond motifs is 1. The minimum Gasteiger partial charge on any atom is -0.490 e. The molecule has 0 atom stereocenters. The second-order valence-electron chi connectivity index (χ2n) is 4.65. The average molecular weight is 299 g/mol. The van der Waals surface area contributed by atoms with Crippen LogP contribution in [0.5, 0.6) is 5.75 Å². The van der Waals surface area contributed by atoms with E-state index in [1.807, 2.05) is 54.6 Å². The topological polar surface area (TPSA) is 34.1 Å². The number of halogens is 1. The average Bonchev–Trinajstić information content (AvgIpc) is 2.53. The minimum absolute atomic E-state index is 0.572. The number of benzene rings is 2. The van der Waals surface area contributed by atoms with Crippen LogP contribution < -0.4 is 10.1 Å². The van der Waals surface area contributed by atoms with Gasteiger partial charge in [-0.25, -0.2) is 0 Å². The van der Waals surface area contributed by atoms with Gasteiger partial charge in [-0.05, 0) is 36.4 Å². The Bertz CT molecular complexity index is 728. The summed E-state index contributed by atoms with van der Waals surface area (Å²) in [5, 5.41) is 5.09. The first-order valence-corrected chi connectivity index (χ1v) is 7.16. The Kier molecular flexibility index (Phi) is 4.22. The van der Waals surface area contributed by atoms with Crippen molar-refractivity contribution in [2.24, 2.45) is 0 Å². The van der Waals surface area contributed by atoms with Gasteiger partial charge in [0, 0.05) is 22.6 Å². The predicted molar refractivity (Wildman–Crippen MR) is 87.2 cm³/mol. The summed E-state index contributed by atoms with van der Waals surface area (Å²) in [6, 6.07) is 17.6. The summed E-state index contributed by atoms with van der Waals surface area (Å²) >= 11 is 5.84. The quantitative estimate of drug-likeness (QED) is 0.710. The molecule has 0 aliphatic heterocycles. The fraction of sp³-hybridized carbons (Fsp3) is 0.118. The number of nitrogens with one attached hydrogen (secondary N) is 1. The van der Waals surface area contributed by atoms with E-state index >= 15 is 0 Å². The molecule has 0 saturated heterocycles. The molecule has 1 N–H and O–H groups in total. The molecule has 3 nitrogen and oxygen atoms in total. The van der Waals surface area contributed by atoms with E-state index in [-0.39, 0.29) is 0 Å². The molecule has 0 spiro atoms. The van der Waals surface area contributed by atoms with Crippen molar-refractivity contribution >= 4 is 28.2 Å². The molecule has 0 saturated carbocycles. The molecule has 106 valence electrons. The van der Waals surface area contributed by atoms with Crippen LogP contribution in [0.15, 0.2) is 60.8 Å². The number of rotatable bonds is 5. The van der Waals surface area contributed by atoms with Gasteiger partial charge >= 0.3 is 0 Å². The molecule has 0 bridgehead atoms. The molecule has 4 heteroatoms. The summed E-state index contributed by atoms with van der Waals surface area (Å²) in [5.41, 5.74) is 2.00. The van der Waals surface area contributed by atoms with Crippen LogP contribution in [-0.2, 0) is 0 Å². The third kappa shape index (κ3) is 3.64. The van der Waals surface area contributed by atoms with Crippen molar-refractivity contribution < 1.29 is 4.74 Å². The molecule has 2 aromatic carbocycles. The highest BCUT2D eigenvalue weighted by molar-refractivity contribution is 6.30. The smallest absolute Gasteiger partial charge is 0.138 e. The molecule has 0 fully saturated rings. The fourth-order valence-corrected chi connectivity index (χ4v) is 2.19. The zero-order valence-corrected chi connectivity index (χ0v) is 12.2. The number of hydrogen-bond acceptors (Lipinski definition) is 3. The summed E-state index contributed by atoms with van der Waals surface area (Å²) in [7, 11) is 0. The molecule has 0 radical (unpaired) electrons. The highest BCUT2D eigenvalue weighted by atomic mass is 35.5. The molecule has 1 heterocycles. The molecule has 0 unspecified atom stereocenters. The summed E-state index contributed by atoms with van der Waals surface area (Å²) in [6.45, 7) is 1.29. The largest absolute Gasteiger partial charge is 0.490 e. The van der Waals surface area contributed by atoms with Crippen molar-refractivity contribution in [3.8, 4) is 5.75 Å².